The van der Waals surface area contributed by atoms with Gasteiger partial charge in [0.25, 0.3) is 0 Å². The molecule has 1 aliphatic rings. The predicted octanol–water partition coefficient (Wildman–Crippen LogP) is 4.00. The number of rotatable bonds is 1. The van der Waals surface area contributed by atoms with Crippen LogP contribution in [0.1, 0.15) is 18.9 Å². The summed E-state index contributed by atoms with van der Waals surface area (Å²) in [4.78, 5) is 4.39. The monoisotopic (exact) mass is 274 g/mol. The van der Waals surface area contributed by atoms with Crippen LogP contribution in [0.3, 0.4) is 0 Å². The Kier molecular flexibility index (Phi) is 3.85. The lowest BCUT2D eigenvalue weighted by molar-refractivity contribution is -0.137. The Morgan fingerprint density at radius 2 is 1.94 bits per heavy atom. The zero-order chi connectivity index (χ0) is 13.2. The number of anilines is 1. The van der Waals surface area contributed by atoms with E-state index in [9.17, 15) is 13.2 Å². The second-order valence-corrected chi connectivity index (χ2v) is 5.20. The van der Waals surface area contributed by atoms with Crippen molar-refractivity contribution in [1.82, 2.24) is 0 Å². The van der Waals surface area contributed by atoms with Crippen molar-refractivity contribution in [2.24, 2.45) is 4.99 Å². The molecule has 2 nitrogen and oxygen atoms in total. The van der Waals surface area contributed by atoms with Gasteiger partial charge in [-0.05, 0) is 37.6 Å². The molecule has 1 aromatic rings. The number of amidine groups is 1. The number of benzene rings is 1. The van der Waals surface area contributed by atoms with E-state index in [1.807, 2.05) is 6.92 Å². The Balaban J connectivity index is 2.07. The highest BCUT2D eigenvalue weighted by Gasteiger charge is 2.29. The molecule has 98 valence electrons. The normalized spacial score (nSPS) is 20.4. The number of aliphatic imine (C=N–C) groups is 1. The number of alkyl halides is 3. The summed E-state index contributed by atoms with van der Waals surface area (Å²) in [5.74, 6) is 0.980. The van der Waals surface area contributed by atoms with Gasteiger partial charge in [0.1, 0.15) is 0 Å². The second kappa shape index (κ2) is 5.22. The van der Waals surface area contributed by atoms with Gasteiger partial charge in [-0.25, -0.2) is 0 Å². The topological polar surface area (TPSA) is 24.4 Å². The number of hydrogen-bond acceptors (Lipinski definition) is 3. The highest BCUT2D eigenvalue weighted by molar-refractivity contribution is 8.14. The molecule has 0 aliphatic carbocycles. The highest BCUT2D eigenvalue weighted by Crippen LogP contribution is 2.30. The van der Waals surface area contributed by atoms with Gasteiger partial charge in [-0.2, -0.15) is 13.2 Å². The molecule has 1 heterocycles. The van der Waals surface area contributed by atoms with Crippen LogP contribution in [0.4, 0.5) is 18.9 Å². The molecule has 0 amide bonds. The SMILES string of the molecule is CC1CCSC(Nc2ccc(C(F)(F)F)cc2)=N1. The van der Waals surface area contributed by atoms with E-state index in [1.54, 1.807) is 11.8 Å². The maximum absolute atomic E-state index is 12.4. The average molecular weight is 274 g/mol. The first kappa shape index (κ1) is 13.3. The standard InChI is InChI=1S/C12H13F3N2S/c1-8-6-7-18-11(16-8)17-10-4-2-9(3-5-10)12(13,14)15/h2-5,8H,6-7H2,1H3,(H,16,17). The van der Waals surface area contributed by atoms with Gasteiger partial charge >= 0.3 is 6.18 Å². The van der Waals surface area contributed by atoms with Crippen LogP contribution in [-0.2, 0) is 6.18 Å². The van der Waals surface area contributed by atoms with Crippen molar-refractivity contribution in [3.8, 4) is 0 Å². The van der Waals surface area contributed by atoms with Crippen LogP contribution in [0.15, 0.2) is 29.3 Å². The van der Waals surface area contributed by atoms with Gasteiger partial charge in [0.05, 0.1) is 11.6 Å². The molecule has 6 heteroatoms. The van der Waals surface area contributed by atoms with Gasteiger partial charge < -0.3 is 5.32 Å². The fraction of sp³-hybridized carbons (Fsp3) is 0.417. The van der Waals surface area contributed by atoms with Crippen molar-refractivity contribution >= 4 is 22.6 Å². The molecule has 1 atom stereocenters. The van der Waals surface area contributed by atoms with Crippen LogP contribution in [0, 0.1) is 0 Å². The van der Waals surface area contributed by atoms with E-state index in [-0.39, 0.29) is 6.04 Å². The molecule has 1 unspecified atom stereocenters. The summed E-state index contributed by atoms with van der Waals surface area (Å²) in [6.07, 6.45) is -3.26. The zero-order valence-electron chi connectivity index (χ0n) is 9.79. The van der Waals surface area contributed by atoms with Crippen molar-refractivity contribution < 1.29 is 13.2 Å². The molecule has 1 aromatic carbocycles. The molecule has 0 fully saturated rings. The number of nitrogens with one attached hydrogen (secondary N) is 1. The van der Waals surface area contributed by atoms with E-state index in [2.05, 4.69) is 10.3 Å². The van der Waals surface area contributed by atoms with E-state index < -0.39 is 11.7 Å². The van der Waals surface area contributed by atoms with Gasteiger partial charge in [0, 0.05) is 11.4 Å². The summed E-state index contributed by atoms with van der Waals surface area (Å²) in [5.41, 5.74) is -0.0111. The predicted molar refractivity (Wildman–Crippen MR) is 69.0 cm³/mol. The van der Waals surface area contributed by atoms with E-state index in [4.69, 9.17) is 0 Å². The van der Waals surface area contributed by atoms with Gasteiger partial charge in [-0.3, -0.25) is 4.99 Å². The van der Waals surface area contributed by atoms with Crippen LogP contribution in [0.2, 0.25) is 0 Å². The van der Waals surface area contributed by atoms with Crippen molar-refractivity contribution in [3.63, 3.8) is 0 Å². The number of nitrogens with zero attached hydrogens (tertiary/aromatic N) is 1. The third-order valence-electron chi connectivity index (χ3n) is 2.58. The smallest absolute Gasteiger partial charge is 0.335 e. The molecule has 0 aromatic heterocycles. The Hall–Kier alpha value is -1.17. The lowest BCUT2D eigenvalue weighted by atomic mass is 10.2. The minimum Gasteiger partial charge on any atom is -0.335 e. The quantitative estimate of drug-likeness (QED) is 0.837. The van der Waals surface area contributed by atoms with Gasteiger partial charge in [0.2, 0.25) is 0 Å². The molecule has 0 saturated heterocycles. The summed E-state index contributed by atoms with van der Waals surface area (Å²) in [7, 11) is 0. The summed E-state index contributed by atoms with van der Waals surface area (Å²) in [6, 6.07) is 5.25. The molecular weight excluding hydrogens is 261 g/mol. The zero-order valence-corrected chi connectivity index (χ0v) is 10.6. The third kappa shape index (κ3) is 3.41. The van der Waals surface area contributed by atoms with Crippen molar-refractivity contribution in [1.29, 1.82) is 0 Å². The van der Waals surface area contributed by atoms with Crippen LogP contribution >= 0.6 is 11.8 Å². The fourth-order valence-electron chi connectivity index (χ4n) is 1.56. The minimum atomic E-state index is -4.29. The summed E-state index contributed by atoms with van der Waals surface area (Å²) in [5, 5.41) is 3.81. The molecule has 1 aliphatic heterocycles. The molecule has 2 rings (SSSR count). The summed E-state index contributed by atoms with van der Waals surface area (Å²) >= 11 is 1.59. The molecule has 1 N–H and O–H groups in total. The largest absolute Gasteiger partial charge is 0.416 e. The van der Waals surface area contributed by atoms with Gasteiger partial charge in [0.15, 0.2) is 5.17 Å². The fourth-order valence-corrected chi connectivity index (χ4v) is 2.66. The minimum absolute atomic E-state index is 0.267. The van der Waals surface area contributed by atoms with Crippen molar-refractivity contribution in [3.05, 3.63) is 29.8 Å². The van der Waals surface area contributed by atoms with Crippen LogP contribution in [-0.4, -0.2) is 17.0 Å². The van der Waals surface area contributed by atoms with E-state index >= 15 is 0 Å². The molecule has 0 spiro atoms. The number of halogens is 3. The maximum atomic E-state index is 12.4. The molecular formula is C12H13F3N2S. The average Bonchev–Trinajstić information content (AvgIpc) is 2.28. The lowest BCUT2D eigenvalue weighted by Gasteiger charge is -2.17. The first-order valence-corrected chi connectivity index (χ1v) is 6.58. The molecule has 0 radical (unpaired) electrons. The summed E-state index contributed by atoms with van der Waals surface area (Å²) in [6.45, 7) is 2.02. The maximum Gasteiger partial charge on any atom is 0.416 e. The first-order chi connectivity index (χ1) is 8.45. The Morgan fingerprint density at radius 1 is 1.28 bits per heavy atom. The van der Waals surface area contributed by atoms with Crippen molar-refractivity contribution in [2.75, 3.05) is 11.1 Å². The van der Waals surface area contributed by atoms with E-state index in [0.29, 0.717) is 5.69 Å². The molecule has 0 bridgehead atoms. The van der Waals surface area contributed by atoms with Gasteiger partial charge in [-0.1, -0.05) is 11.8 Å². The molecule has 0 saturated carbocycles. The third-order valence-corrected chi connectivity index (χ3v) is 3.50. The van der Waals surface area contributed by atoms with Crippen molar-refractivity contribution in [2.45, 2.75) is 25.6 Å². The Morgan fingerprint density at radius 3 is 2.50 bits per heavy atom. The Labute approximate surface area is 108 Å². The van der Waals surface area contributed by atoms with E-state index in [0.717, 1.165) is 29.5 Å². The van der Waals surface area contributed by atoms with Crippen LogP contribution in [0.5, 0.6) is 0 Å². The highest BCUT2D eigenvalue weighted by atomic mass is 32.2. The van der Waals surface area contributed by atoms with Gasteiger partial charge in [-0.15, -0.1) is 0 Å². The lowest BCUT2D eigenvalue weighted by Crippen LogP contribution is -2.18. The number of hydrogen-bond donors (Lipinski definition) is 1. The van der Waals surface area contributed by atoms with E-state index in [1.165, 1.54) is 12.1 Å². The molecule has 18 heavy (non-hydrogen) atoms. The van der Waals surface area contributed by atoms with Crippen LogP contribution in [0.25, 0.3) is 0 Å². The second-order valence-electron chi connectivity index (χ2n) is 4.12. The number of thioether (sulfide) groups is 1. The summed E-state index contributed by atoms with van der Waals surface area (Å²) < 4.78 is 37.1. The van der Waals surface area contributed by atoms with Crippen LogP contribution < -0.4 is 5.32 Å². The first-order valence-electron chi connectivity index (χ1n) is 5.60. The Bertz CT molecular complexity index is 440.